The lowest BCUT2D eigenvalue weighted by atomic mass is 10.2. The molecule has 0 bridgehead atoms. The maximum atomic E-state index is 12.5. The van der Waals surface area contributed by atoms with E-state index >= 15 is 0 Å². The van der Waals surface area contributed by atoms with Crippen molar-refractivity contribution in [3.63, 3.8) is 0 Å². The van der Waals surface area contributed by atoms with Gasteiger partial charge in [-0.1, -0.05) is 41.4 Å². The lowest BCUT2D eigenvalue weighted by Gasteiger charge is -2.20. The lowest BCUT2D eigenvalue weighted by Crippen LogP contribution is -2.31. The molecule has 1 heterocycles. The number of para-hydroxylation sites is 1. The fourth-order valence-electron chi connectivity index (χ4n) is 2.55. The van der Waals surface area contributed by atoms with E-state index in [1.807, 2.05) is 29.6 Å². The fourth-order valence-corrected chi connectivity index (χ4v) is 4.04. The Labute approximate surface area is 176 Å². The number of thiazole rings is 1. The molecule has 8 heteroatoms. The molecule has 3 aromatic rings. The molecule has 0 fully saturated rings. The molecule has 0 saturated heterocycles. The number of methoxy groups -OCH3 is 1. The molecule has 0 aliphatic rings. The summed E-state index contributed by atoms with van der Waals surface area (Å²) in [7, 11) is 1.59. The van der Waals surface area contributed by atoms with E-state index < -0.39 is 0 Å². The van der Waals surface area contributed by atoms with Crippen LogP contribution in [0.3, 0.4) is 0 Å². The van der Waals surface area contributed by atoms with Crippen molar-refractivity contribution in [2.75, 3.05) is 17.9 Å². The SMILES string of the molecule is COc1ccccc1CN(C(=O)CCl)c1nc(-c2ccc(Cl)cc2Cl)cs1. The van der Waals surface area contributed by atoms with E-state index in [1.165, 1.54) is 11.3 Å². The van der Waals surface area contributed by atoms with Gasteiger partial charge in [0.25, 0.3) is 0 Å². The van der Waals surface area contributed by atoms with Gasteiger partial charge in [0, 0.05) is 21.5 Å². The van der Waals surface area contributed by atoms with Crippen molar-refractivity contribution >= 4 is 57.2 Å². The maximum absolute atomic E-state index is 12.5. The minimum absolute atomic E-state index is 0.147. The zero-order chi connectivity index (χ0) is 19.4. The highest BCUT2D eigenvalue weighted by Gasteiger charge is 2.21. The highest BCUT2D eigenvalue weighted by atomic mass is 35.5. The van der Waals surface area contributed by atoms with Gasteiger partial charge in [-0.05, 0) is 24.3 Å². The van der Waals surface area contributed by atoms with Crippen LogP contribution in [-0.2, 0) is 11.3 Å². The second kappa shape index (κ2) is 8.93. The first-order valence-electron chi connectivity index (χ1n) is 7.92. The van der Waals surface area contributed by atoms with Crippen LogP contribution in [0.5, 0.6) is 5.75 Å². The largest absolute Gasteiger partial charge is 0.496 e. The van der Waals surface area contributed by atoms with Crippen molar-refractivity contribution in [1.82, 2.24) is 4.98 Å². The number of ether oxygens (including phenoxy) is 1. The second-order valence-electron chi connectivity index (χ2n) is 5.56. The summed E-state index contributed by atoms with van der Waals surface area (Å²) in [6.45, 7) is 0.302. The second-order valence-corrected chi connectivity index (χ2v) is 7.51. The Morgan fingerprint density at radius 2 is 2.00 bits per heavy atom. The molecule has 3 rings (SSSR count). The number of benzene rings is 2. The third-order valence-corrected chi connectivity index (χ3v) is 5.51. The number of rotatable bonds is 6. The molecule has 0 aliphatic heterocycles. The molecule has 0 spiro atoms. The molecule has 27 heavy (non-hydrogen) atoms. The molecule has 1 amide bonds. The molecule has 0 radical (unpaired) electrons. The molecule has 1 aromatic heterocycles. The molecule has 2 aromatic carbocycles. The number of amides is 1. The third kappa shape index (κ3) is 4.55. The number of anilines is 1. The summed E-state index contributed by atoms with van der Waals surface area (Å²) in [6, 6.07) is 12.7. The quantitative estimate of drug-likeness (QED) is 0.447. The average molecular weight is 442 g/mol. The van der Waals surface area contributed by atoms with Gasteiger partial charge in [-0.3, -0.25) is 9.69 Å². The van der Waals surface area contributed by atoms with E-state index in [9.17, 15) is 4.79 Å². The van der Waals surface area contributed by atoms with Gasteiger partial charge in [0.1, 0.15) is 11.6 Å². The van der Waals surface area contributed by atoms with Crippen LogP contribution in [0.2, 0.25) is 10.0 Å². The van der Waals surface area contributed by atoms with E-state index in [4.69, 9.17) is 39.5 Å². The molecule has 4 nitrogen and oxygen atoms in total. The van der Waals surface area contributed by atoms with Crippen molar-refractivity contribution in [2.45, 2.75) is 6.54 Å². The van der Waals surface area contributed by atoms with Gasteiger partial charge in [0.2, 0.25) is 5.91 Å². The first-order valence-corrected chi connectivity index (χ1v) is 10.1. The average Bonchev–Trinajstić information content (AvgIpc) is 3.15. The topological polar surface area (TPSA) is 42.4 Å². The Kier molecular flexibility index (Phi) is 6.60. The van der Waals surface area contributed by atoms with E-state index in [0.717, 1.165) is 11.1 Å². The van der Waals surface area contributed by atoms with E-state index in [2.05, 4.69) is 4.98 Å². The lowest BCUT2D eigenvalue weighted by molar-refractivity contribution is -0.116. The van der Waals surface area contributed by atoms with Gasteiger partial charge in [-0.2, -0.15) is 0 Å². The first kappa shape index (κ1) is 20.0. The van der Waals surface area contributed by atoms with Gasteiger partial charge in [0.15, 0.2) is 5.13 Å². The van der Waals surface area contributed by atoms with Crippen LogP contribution in [0, 0.1) is 0 Å². The monoisotopic (exact) mass is 440 g/mol. The summed E-state index contributed by atoms with van der Waals surface area (Å²) in [5, 5.41) is 3.43. The number of nitrogens with zero attached hydrogens (tertiary/aromatic N) is 2. The number of alkyl halides is 1. The normalized spacial score (nSPS) is 10.7. The molecule has 0 N–H and O–H groups in total. The van der Waals surface area contributed by atoms with Crippen molar-refractivity contribution in [3.05, 3.63) is 63.5 Å². The number of carbonyl (C=O) groups excluding carboxylic acids is 1. The Morgan fingerprint density at radius 1 is 1.22 bits per heavy atom. The van der Waals surface area contributed by atoms with E-state index in [1.54, 1.807) is 30.2 Å². The smallest absolute Gasteiger partial charge is 0.244 e. The van der Waals surface area contributed by atoms with Crippen LogP contribution in [-0.4, -0.2) is 23.9 Å². The Bertz CT molecular complexity index is 962. The number of halogens is 3. The van der Waals surface area contributed by atoms with Gasteiger partial charge in [-0.25, -0.2) is 4.98 Å². The summed E-state index contributed by atoms with van der Waals surface area (Å²) < 4.78 is 5.38. The van der Waals surface area contributed by atoms with Gasteiger partial charge in [0.05, 0.1) is 24.4 Å². The molecular weight excluding hydrogens is 427 g/mol. The molecule has 0 aliphatic carbocycles. The van der Waals surface area contributed by atoms with E-state index in [-0.39, 0.29) is 11.8 Å². The predicted molar refractivity (Wildman–Crippen MR) is 112 cm³/mol. The number of carbonyl (C=O) groups is 1. The number of hydrogen-bond donors (Lipinski definition) is 0. The summed E-state index contributed by atoms with van der Waals surface area (Å²) in [4.78, 5) is 18.6. The molecule has 0 unspecified atom stereocenters. The van der Waals surface area contributed by atoms with Crippen molar-refractivity contribution in [3.8, 4) is 17.0 Å². The Morgan fingerprint density at radius 3 is 2.70 bits per heavy atom. The summed E-state index contributed by atoms with van der Waals surface area (Å²) in [5.41, 5.74) is 2.28. The maximum Gasteiger partial charge on any atom is 0.244 e. The third-order valence-electron chi connectivity index (χ3n) is 3.87. The first-order chi connectivity index (χ1) is 13.0. The summed E-state index contributed by atoms with van der Waals surface area (Å²) >= 11 is 19.4. The zero-order valence-electron chi connectivity index (χ0n) is 14.3. The minimum Gasteiger partial charge on any atom is -0.496 e. The minimum atomic E-state index is -0.245. The van der Waals surface area contributed by atoms with Crippen LogP contribution in [0.1, 0.15) is 5.56 Å². The van der Waals surface area contributed by atoms with Crippen LogP contribution >= 0.6 is 46.1 Å². The van der Waals surface area contributed by atoms with Gasteiger partial charge in [-0.15, -0.1) is 22.9 Å². The molecule has 0 atom stereocenters. The summed E-state index contributed by atoms with van der Waals surface area (Å²) in [5.74, 6) is 0.305. The van der Waals surface area contributed by atoms with Crippen LogP contribution in [0.4, 0.5) is 5.13 Å². The van der Waals surface area contributed by atoms with E-state index in [0.29, 0.717) is 33.2 Å². The van der Waals surface area contributed by atoms with Crippen molar-refractivity contribution in [1.29, 1.82) is 0 Å². The zero-order valence-corrected chi connectivity index (χ0v) is 17.4. The fraction of sp³-hybridized carbons (Fsp3) is 0.158. The molecule has 0 saturated carbocycles. The predicted octanol–water partition coefficient (Wildman–Crippen LogP) is 5.90. The van der Waals surface area contributed by atoms with Crippen molar-refractivity contribution in [2.24, 2.45) is 0 Å². The van der Waals surface area contributed by atoms with Gasteiger partial charge >= 0.3 is 0 Å². The summed E-state index contributed by atoms with van der Waals surface area (Å²) in [6.07, 6.45) is 0. The Balaban J connectivity index is 1.95. The van der Waals surface area contributed by atoms with Gasteiger partial charge < -0.3 is 4.74 Å². The highest BCUT2D eigenvalue weighted by Crippen LogP contribution is 2.34. The van der Waals surface area contributed by atoms with Crippen LogP contribution in [0.25, 0.3) is 11.3 Å². The van der Waals surface area contributed by atoms with Crippen LogP contribution in [0.15, 0.2) is 47.8 Å². The molecule has 140 valence electrons. The number of aromatic nitrogens is 1. The molecular formula is C19H15Cl3N2O2S. The van der Waals surface area contributed by atoms with Crippen molar-refractivity contribution < 1.29 is 9.53 Å². The number of hydrogen-bond acceptors (Lipinski definition) is 4. The standard InChI is InChI=1S/C19H15Cl3N2O2S/c1-26-17-5-3-2-4-12(17)10-24(18(25)9-20)19-23-16(11-27-19)14-7-6-13(21)8-15(14)22/h2-8,11H,9-10H2,1H3. The Hall–Kier alpha value is -1.79. The highest BCUT2D eigenvalue weighted by molar-refractivity contribution is 7.14. The van der Waals surface area contributed by atoms with Crippen LogP contribution < -0.4 is 9.64 Å².